The second-order valence-electron chi connectivity index (χ2n) is 6.90. The Balaban J connectivity index is 1.76. The molecular weight excluding hydrogens is 391 g/mol. The number of fused-ring (bicyclic) bond motifs is 1. The summed E-state index contributed by atoms with van der Waals surface area (Å²) in [4.78, 5) is 52.4. The number of halogens is 1. The molecule has 1 aliphatic heterocycles. The Morgan fingerprint density at radius 2 is 1.87 bits per heavy atom. The molecule has 0 spiro atoms. The first-order valence-electron chi connectivity index (χ1n) is 9.19. The van der Waals surface area contributed by atoms with Crippen molar-refractivity contribution in [3.8, 4) is 0 Å². The number of nitrogens with one attached hydrogen (secondary N) is 3. The topological polar surface area (TPSA) is 113 Å². The molecule has 0 saturated heterocycles. The molecule has 4 rings (SSSR count). The van der Waals surface area contributed by atoms with E-state index < -0.39 is 34.8 Å². The molecular formula is C21H17FN4O4. The van der Waals surface area contributed by atoms with E-state index in [1.165, 1.54) is 22.8 Å². The minimum atomic E-state index is -1.14. The highest BCUT2D eigenvalue weighted by molar-refractivity contribution is 6.04. The Labute approximate surface area is 169 Å². The fourth-order valence-corrected chi connectivity index (χ4v) is 3.45. The number of aromatic nitrogens is 2. The zero-order valence-electron chi connectivity index (χ0n) is 15.6. The molecule has 3 N–H and O–H groups in total. The molecule has 0 saturated carbocycles. The first-order chi connectivity index (χ1) is 14.4. The van der Waals surface area contributed by atoms with Gasteiger partial charge in [0, 0.05) is 12.1 Å². The molecule has 2 amide bonds. The van der Waals surface area contributed by atoms with E-state index in [1.807, 2.05) is 6.07 Å². The molecule has 2 heterocycles. The Bertz CT molecular complexity index is 1250. The van der Waals surface area contributed by atoms with E-state index in [4.69, 9.17) is 0 Å². The first kappa shape index (κ1) is 19.3. The highest BCUT2D eigenvalue weighted by Crippen LogP contribution is 2.30. The lowest BCUT2D eigenvalue weighted by atomic mass is 9.92. The smallest absolute Gasteiger partial charge is 0.325 e. The van der Waals surface area contributed by atoms with E-state index in [0.717, 1.165) is 11.6 Å². The normalized spacial score (nSPS) is 15.2. The van der Waals surface area contributed by atoms with Crippen LogP contribution in [0.4, 0.5) is 15.9 Å². The summed E-state index contributed by atoms with van der Waals surface area (Å²) in [5.74, 6) is -2.84. The highest BCUT2D eigenvalue weighted by Gasteiger charge is 2.35. The highest BCUT2D eigenvalue weighted by atomic mass is 19.1. The van der Waals surface area contributed by atoms with Crippen LogP contribution in [0, 0.1) is 5.82 Å². The van der Waals surface area contributed by atoms with Gasteiger partial charge in [-0.2, -0.15) is 0 Å². The van der Waals surface area contributed by atoms with Crippen LogP contribution >= 0.6 is 0 Å². The predicted molar refractivity (Wildman–Crippen MR) is 108 cm³/mol. The van der Waals surface area contributed by atoms with Gasteiger partial charge in [-0.3, -0.25) is 23.9 Å². The van der Waals surface area contributed by atoms with Crippen molar-refractivity contribution in [3.05, 3.63) is 92.4 Å². The maximum absolute atomic E-state index is 13.4. The number of carbonyl (C=O) groups is 2. The van der Waals surface area contributed by atoms with Crippen molar-refractivity contribution in [1.82, 2.24) is 9.55 Å². The second kappa shape index (κ2) is 7.78. The summed E-state index contributed by atoms with van der Waals surface area (Å²) in [5.41, 5.74) is -0.497. The summed E-state index contributed by atoms with van der Waals surface area (Å²) in [7, 11) is 0. The minimum absolute atomic E-state index is 0.0109. The van der Waals surface area contributed by atoms with Gasteiger partial charge in [-0.15, -0.1) is 0 Å². The van der Waals surface area contributed by atoms with Gasteiger partial charge >= 0.3 is 5.69 Å². The second-order valence-corrected chi connectivity index (χ2v) is 6.90. The van der Waals surface area contributed by atoms with Gasteiger partial charge in [0.25, 0.3) is 5.56 Å². The molecule has 0 bridgehead atoms. The van der Waals surface area contributed by atoms with E-state index in [1.54, 1.807) is 24.3 Å². The summed E-state index contributed by atoms with van der Waals surface area (Å²) in [6.07, 6.45) is -0.277. The van der Waals surface area contributed by atoms with Crippen LogP contribution in [0.2, 0.25) is 0 Å². The fraction of sp³-hybridized carbons (Fsp3) is 0.143. The number of hydrogen-bond acceptors (Lipinski definition) is 4. The van der Waals surface area contributed by atoms with E-state index >= 15 is 0 Å². The number of carbonyl (C=O) groups excluding carboxylic acids is 2. The molecule has 2 aromatic carbocycles. The summed E-state index contributed by atoms with van der Waals surface area (Å²) in [6, 6.07) is 14.3. The van der Waals surface area contributed by atoms with Gasteiger partial charge < -0.3 is 10.6 Å². The molecule has 1 atom stereocenters. The van der Waals surface area contributed by atoms with Crippen LogP contribution in [0.3, 0.4) is 0 Å². The van der Waals surface area contributed by atoms with Crippen LogP contribution in [0.25, 0.3) is 0 Å². The van der Waals surface area contributed by atoms with E-state index in [0.29, 0.717) is 0 Å². The Morgan fingerprint density at radius 3 is 2.60 bits per heavy atom. The predicted octanol–water partition coefficient (Wildman–Crippen LogP) is 1.79. The number of anilines is 2. The first-order valence-corrected chi connectivity index (χ1v) is 9.19. The van der Waals surface area contributed by atoms with Crippen molar-refractivity contribution < 1.29 is 14.0 Å². The molecule has 8 nitrogen and oxygen atoms in total. The Hall–Kier alpha value is -4.01. The lowest BCUT2D eigenvalue weighted by Crippen LogP contribution is -2.42. The average molecular weight is 408 g/mol. The molecule has 0 radical (unpaired) electrons. The Kier molecular flexibility index (Phi) is 5.01. The van der Waals surface area contributed by atoms with Crippen LogP contribution in [-0.4, -0.2) is 21.4 Å². The maximum atomic E-state index is 13.4. The number of benzene rings is 2. The zero-order chi connectivity index (χ0) is 21.3. The lowest BCUT2D eigenvalue weighted by molar-refractivity contribution is -0.123. The third-order valence-corrected chi connectivity index (χ3v) is 4.82. The number of aromatic amines is 1. The zero-order valence-corrected chi connectivity index (χ0v) is 15.6. The van der Waals surface area contributed by atoms with Crippen molar-refractivity contribution >= 4 is 23.3 Å². The number of H-pyrrole nitrogens is 1. The van der Waals surface area contributed by atoms with Crippen LogP contribution in [0.15, 0.2) is 64.2 Å². The lowest BCUT2D eigenvalue weighted by Gasteiger charge is -2.26. The summed E-state index contributed by atoms with van der Waals surface area (Å²) in [5, 5.41) is 5.08. The molecule has 30 heavy (non-hydrogen) atoms. The van der Waals surface area contributed by atoms with Crippen molar-refractivity contribution in [1.29, 1.82) is 0 Å². The molecule has 152 valence electrons. The van der Waals surface area contributed by atoms with E-state index in [-0.39, 0.29) is 30.0 Å². The van der Waals surface area contributed by atoms with Crippen LogP contribution < -0.4 is 21.9 Å². The molecule has 0 aliphatic carbocycles. The summed E-state index contributed by atoms with van der Waals surface area (Å²) >= 11 is 0. The molecule has 0 unspecified atom stereocenters. The van der Waals surface area contributed by atoms with Gasteiger partial charge in [-0.05, 0) is 23.8 Å². The van der Waals surface area contributed by atoms with Gasteiger partial charge in [0.2, 0.25) is 11.8 Å². The van der Waals surface area contributed by atoms with Gasteiger partial charge in [-0.1, -0.05) is 36.4 Å². The molecule has 1 aromatic heterocycles. The molecule has 9 heteroatoms. The van der Waals surface area contributed by atoms with Crippen molar-refractivity contribution in [2.24, 2.45) is 0 Å². The third kappa shape index (κ3) is 3.77. The fourth-order valence-electron chi connectivity index (χ4n) is 3.45. The van der Waals surface area contributed by atoms with Gasteiger partial charge in [-0.25, -0.2) is 9.18 Å². The molecule has 0 fully saturated rings. The van der Waals surface area contributed by atoms with Crippen LogP contribution in [0.5, 0.6) is 0 Å². The largest absolute Gasteiger partial charge is 0.330 e. The van der Waals surface area contributed by atoms with E-state index in [9.17, 15) is 23.6 Å². The number of amides is 2. The molecule has 3 aromatic rings. The monoisotopic (exact) mass is 408 g/mol. The average Bonchev–Trinajstić information content (AvgIpc) is 2.71. The van der Waals surface area contributed by atoms with Crippen LogP contribution in [-0.2, 0) is 16.1 Å². The van der Waals surface area contributed by atoms with Crippen molar-refractivity contribution in [2.75, 3.05) is 10.6 Å². The van der Waals surface area contributed by atoms with Crippen LogP contribution in [0.1, 0.15) is 23.5 Å². The number of hydrogen-bond donors (Lipinski definition) is 3. The van der Waals surface area contributed by atoms with E-state index in [2.05, 4.69) is 15.6 Å². The molecule has 1 aliphatic rings. The standard InChI is InChI=1S/C21H17FN4O4/c22-13-7-4-8-14(9-13)23-19(28)15-10-16(27)24-18-17(15)20(29)25-21(30)26(18)11-12-5-2-1-3-6-12/h1-9,15H,10-11H2,(H,23,28)(H,24,27)(H,25,29,30)/t15-/m1/s1. The Morgan fingerprint density at radius 1 is 1.10 bits per heavy atom. The van der Waals surface area contributed by atoms with Gasteiger partial charge in [0.15, 0.2) is 0 Å². The van der Waals surface area contributed by atoms with Crippen molar-refractivity contribution in [2.45, 2.75) is 18.9 Å². The summed E-state index contributed by atoms with van der Waals surface area (Å²) < 4.78 is 14.6. The maximum Gasteiger partial charge on any atom is 0.330 e. The quantitative estimate of drug-likeness (QED) is 0.611. The van der Waals surface area contributed by atoms with Crippen molar-refractivity contribution in [3.63, 3.8) is 0 Å². The third-order valence-electron chi connectivity index (χ3n) is 4.82. The number of nitrogens with zero attached hydrogens (tertiary/aromatic N) is 1. The summed E-state index contributed by atoms with van der Waals surface area (Å²) in [6.45, 7) is 0.0945. The van der Waals surface area contributed by atoms with Gasteiger partial charge in [0.1, 0.15) is 11.6 Å². The minimum Gasteiger partial charge on any atom is -0.325 e. The SMILES string of the molecule is O=C1C[C@@H](C(=O)Nc2cccc(F)c2)c2c(n(Cc3ccccc3)c(=O)[nH]c2=O)N1. The van der Waals surface area contributed by atoms with Gasteiger partial charge in [0.05, 0.1) is 18.0 Å². The number of rotatable bonds is 4.